The van der Waals surface area contributed by atoms with E-state index in [1.165, 1.54) is 0 Å². The molecule has 0 saturated carbocycles. The lowest BCUT2D eigenvalue weighted by molar-refractivity contribution is 0.415. The molecule has 0 fully saturated rings. The summed E-state index contributed by atoms with van der Waals surface area (Å²) in [5.41, 5.74) is 1.70. The van der Waals surface area contributed by atoms with Gasteiger partial charge in [-0.3, -0.25) is 5.10 Å². The zero-order valence-electron chi connectivity index (χ0n) is 12.1. The first-order valence-corrected chi connectivity index (χ1v) is 6.49. The molecule has 0 saturated heterocycles. The standard InChI is InChI=1S/C14H16N6O/c1-15-14-17-12-11(8-16-19-12)13(18-14)20(2)9-4-6-10(21-3)7-5-9/h4-8H,1-3H3,(H2,15,16,17,18,19). The molecular weight excluding hydrogens is 268 g/mol. The minimum Gasteiger partial charge on any atom is -0.497 e. The maximum Gasteiger partial charge on any atom is 0.226 e. The monoisotopic (exact) mass is 284 g/mol. The molecule has 2 N–H and O–H groups in total. The van der Waals surface area contributed by atoms with Gasteiger partial charge in [0.15, 0.2) is 5.65 Å². The van der Waals surface area contributed by atoms with Crippen LogP contribution in [0.15, 0.2) is 30.5 Å². The molecule has 0 radical (unpaired) electrons. The number of nitrogens with zero attached hydrogens (tertiary/aromatic N) is 4. The first-order chi connectivity index (χ1) is 10.2. The van der Waals surface area contributed by atoms with Gasteiger partial charge in [0, 0.05) is 19.8 Å². The number of methoxy groups -OCH3 is 1. The van der Waals surface area contributed by atoms with Gasteiger partial charge in [-0.1, -0.05) is 0 Å². The van der Waals surface area contributed by atoms with Crippen molar-refractivity contribution in [2.75, 3.05) is 31.4 Å². The van der Waals surface area contributed by atoms with E-state index < -0.39 is 0 Å². The van der Waals surface area contributed by atoms with Crippen molar-refractivity contribution < 1.29 is 4.74 Å². The van der Waals surface area contributed by atoms with Gasteiger partial charge >= 0.3 is 0 Å². The van der Waals surface area contributed by atoms with E-state index >= 15 is 0 Å². The largest absolute Gasteiger partial charge is 0.497 e. The van der Waals surface area contributed by atoms with Gasteiger partial charge in [-0.05, 0) is 24.3 Å². The van der Waals surface area contributed by atoms with E-state index in [0.717, 1.165) is 22.6 Å². The predicted octanol–water partition coefficient (Wildman–Crippen LogP) is 2.17. The molecule has 0 bridgehead atoms. The molecule has 3 rings (SSSR count). The number of ether oxygens (including phenoxy) is 1. The highest BCUT2D eigenvalue weighted by atomic mass is 16.5. The molecule has 0 unspecified atom stereocenters. The molecule has 0 spiro atoms. The van der Waals surface area contributed by atoms with Gasteiger partial charge in [0.05, 0.1) is 18.7 Å². The van der Waals surface area contributed by atoms with Crippen molar-refractivity contribution in [1.29, 1.82) is 0 Å². The Morgan fingerprint density at radius 2 is 1.95 bits per heavy atom. The van der Waals surface area contributed by atoms with Crippen molar-refractivity contribution in [3.05, 3.63) is 30.5 Å². The minimum atomic E-state index is 0.544. The van der Waals surface area contributed by atoms with Crippen LogP contribution in [-0.4, -0.2) is 41.4 Å². The van der Waals surface area contributed by atoms with Crippen LogP contribution in [0.25, 0.3) is 11.0 Å². The Bertz CT molecular complexity index is 752. The summed E-state index contributed by atoms with van der Waals surface area (Å²) in [7, 11) is 5.39. The van der Waals surface area contributed by atoms with Crippen LogP contribution in [0.1, 0.15) is 0 Å². The average Bonchev–Trinajstić information content (AvgIpc) is 3.01. The van der Waals surface area contributed by atoms with Gasteiger partial charge in [0.25, 0.3) is 0 Å². The molecule has 7 heteroatoms. The van der Waals surface area contributed by atoms with Gasteiger partial charge in [0.2, 0.25) is 5.95 Å². The van der Waals surface area contributed by atoms with E-state index in [4.69, 9.17) is 4.74 Å². The van der Waals surface area contributed by atoms with E-state index in [1.807, 2.05) is 36.2 Å². The molecule has 0 aliphatic heterocycles. The first-order valence-electron chi connectivity index (χ1n) is 6.49. The van der Waals surface area contributed by atoms with Gasteiger partial charge in [-0.2, -0.15) is 15.1 Å². The van der Waals surface area contributed by atoms with Crippen LogP contribution < -0.4 is 15.0 Å². The highest BCUT2D eigenvalue weighted by molar-refractivity contribution is 5.89. The summed E-state index contributed by atoms with van der Waals surface area (Å²) in [6, 6.07) is 7.79. The molecule has 0 aliphatic rings. The van der Waals surface area contributed by atoms with E-state index in [9.17, 15) is 0 Å². The number of aromatic amines is 1. The molecular formula is C14H16N6O. The summed E-state index contributed by atoms with van der Waals surface area (Å²) in [5, 5.41) is 10.7. The summed E-state index contributed by atoms with van der Waals surface area (Å²) in [5.74, 6) is 2.14. The highest BCUT2D eigenvalue weighted by Crippen LogP contribution is 2.29. The second-order valence-electron chi connectivity index (χ2n) is 4.51. The van der Waals surface area contributed by atoms with Crippen molar-refractivity contribution in [3.8, 4) is 5.75 Å². The third kappa shape index (κ3) is 2.33. The topological polar surface area (TPSA) is 79.0 Å². The van der Waals surface area contributed by atoms with Crippen LogP contribution in [-0.2, 0) is 0 Å². The number of benzene rings is 1. The number of hydrogen-bond donors (Lipinski definition) is 2. The van der Waals surface area contributed by atoms with Gasteiger partial charge in [-0.25, -0.2) is 0 Å². The molecule has 0 aliphatic carbocycles. The van der Waals surface area contributed by atoms with Crippen molar-refractivity contribution in [3.63, 3.8) is 0 Å². The number of anilines is 3. The third-order valence-corrected chi connectivity index (χ3v) is 3.29. The summed E-state index contributed by atoms with van der Waals surface area (Å²) in [6.07, 6.45) is 1.73. The van der Waals surface area contributed by atoms with Crippen LogP contribution in [0.4, 0.5) is 17.5 Å². The molecule has 2 heterocycles. The molecule has 0 amide bonds. The average molecular weight is 284 g/mol. The molecule has 2 aromatic heterocycles. The fourth-order valence-electron chi connectivity index (χ4n) is 2.12. The van der Waals surface area contributed by atoms with Crippen LogP contribution in [0.3, 0.4) is 0 Å². The quantitative estimate of drug-likeness (QED) is 0.764. The number of H-pyrrole nitrogens is 1. The number of aromatic nitrogens is 4. The van der Waals surface area contributed by atoms with Crippen molar-refractivity contribution >= 4 is 28.5 Å². The fourth-order valence-corrected chi connectivity index (χ4v) is 2.12. The van der Waals surface area contributed by atoms with Crippen molar-refractivity contribution in [1.82, 2.24) is 20.2 Å². The van der Waals surface area contributed by atoms with E-state index in [2.05, 4.69) is 25.5 Å². The first kappa shape index (κ1) is 13.2. The third-order valence-electron chi connectivity index (χ3n) is 3.29. The molecule has 0 atom stereocenters. The Kier molecular flexibility index (Phi) is 3.31. The Hall–Kier alpha value is -2.83. The zero-order chi connectivity index (χ0) is 14.8. The van der Waals surface area contributed by atoms with E-state index in [1.54, 1.807) is 20.4 Å². The molecule has 7 nitrogen and oxygen atoms in total. The summed E-state index contributed by atoms with van der Waals surface area (Å²) in [4.78, 5) is 10.8. The van der Waals surface area contributed by atoms with Crippen LogP contribution in [0.5, 0.6) is 5.75 Å². The summed E-state index contributed by atoms with van der Waals surface area (Å²) < 4.78 is 5.18. The second-order valence-corrected chi connectivity index (χ2v) is 4.51. The van der Waals surface area contributed by atoms with Gasteiger partial charge in [0.1, 0.15) is 11.6 Å². The lowest BCUT2D eigenvalue weighted by atomic mass is 10.2. The molecule has 1 aromatic carbocycles. The van der Waals surface area contributed by atoms with Crippen molar-refractivity contribution in [2.45, 2.75) is 0 Å². The number of hydrogen-bond acceptors (Lipinski definition) is 6. The molecule has 21 heavy (non-hydrogen) atoms. The van der Waals surface area contributed by atoms with Gasteiger partial charge < -0.3 is 15.0 Å². The summed E-state index contributed by atoms with van der Waals surface area (Å²) in [6.45, 7) is 0. The lowest BCUT2D eigenvalue weighted by Gasteiger charge is -2.19. The zero-order valence-corrected chi connectivity index (χ0v) is 12.1. The van der Waals surface area contributed by atoms with Gasteiger partial charge in [-0.15, -0.1) is 0 Å². The van der Waals surface area contributed by atoms with E-state index in [-0.39, 0.29) is 0 Å². The number of nitrogens with one attached hydrogen (secondary N) is 2. The molecule has 108 valence electrons. The fraction of sp³-hybridized carbons (Fsp3) is 0.214. The maximum absolute atomic E-state index is 5.18. The Balaban J connectivity index is 2.07. The second kappa shape index (κ2) is 5.28. The van der Waals surface area contributed by atoms with Crippen LogP contribution >= 0.6 is 0 Å². The Morgan fingerprint density at radius 3 is 2.62 bits per heavy atom. The number of rotatable bonds is 4. The van der Waals surface area contributed by atoms with Crippen molar-refractivity contribution in [2.24, 2.45) is 0 Å². The number of fused-ring (bicyclic) bond motifs is 1. The predicted molar refractivity (Wildman–Crippen MR) is 82.3 cm³/mol. The van der Waals surface area contributed by atoms with Crippen LogP contribution in [0, 0.1) is 0 Å². The normalized spacial score (nSPS) is 10.6. The SMILES string of the molecule is CNc1nc(N(C)c2ccc(OC)cc2)c2cn[nH]c2n1. The Morgan fingerprint density at radius 1 is 1.19 bits per heavy atom. The maximum atomic E-state index is 5.18. The van der Waals surface area contributed by atoms with Crippen LogP contribution in [0.2, 0.25) is 0 Å². The Labute approximate surface area is 122 Å². The highest BCUT2D eigenvalue weighted by Gasteiger charge is 2.14. The smallest absolute Gasteiger partial charge is 0.226 e. The van der Waals surface area contributed by atoms with E-state index in [0.29, 0.717) is 11.6 Å². The lowest BCUT2D eigenvalue weighted by Crippen LogP contribution is -2.13. The molecule has 3 aromatic rings. The summed E-state index contributed by atoms with van der Waals surface area (Å²) >= 11 is 0. The minimum absolute atomic E-state index is 0.544.